The van der Waals surface area contributed by atoms with Crippen LogP contribution in [0.3, 0.4) is 0 Å². The molecule has 0 saturated carbocycles. The highest BCUT2D eigenvalue weighted by molar-refractivity contribution is 5.92. The molecular formula is C19H18O8. The minimum atomic E-state index is -0.487. The van der Waals surface area contributed by atoms with Gasteiger partial charge in [-0.15, -0.1) is 0 Å². The van der Waals surface area contributed by atoms with Crippen molar-refractivity contribution in [2.75, 3.05) is 28.4 Å². The molecule has 0 atom stereocenters. The number of hydrogen-bond acceptors (Lipinski definition) is 8. The second-order valence-corrected chi connectivity index (χ2v) is 5.51. The highest BCUT2D eigenvalue weighted by atomic mass is 16.5. The van der Waals surface area contributed by atoms with E-state index in [1.165, 1.54) is 52.7 Å². The first-order valence-electron chi connectivity index (χ1n) is 7.82. The van der Waals surface area contributed by atoms with Crippen LogP contribution in [0, 0.1) is 0 Å². The van der Waals surface area contributed by atoms with E-state index in [0.717, 1.165) is 0 Å². The second-order valence-electron chi connectivity index (χ2n) is 5.51. The number of methoxy groups -OCH3 is 4. The van der Waals surface area contributed by atoms with Gasteiger partial charge in [0, 0.05) is 12.1 Å². The van der Waals surface area contributed by atoms with Gasteiger partial charge in [-0.05, 0) is 12.1 Å². The summed E-state index contributed by atoms with van der Waals surface area (Å²) in [4.78, 5) is 12.6. The quantitative estimate of drug-likeness (QED) is 0.702. The number of aromatic hydroxyl groups is 2. The molecule has 27 heavy (non-hydrogen) atoms. The lowest BCUT2D eigenvalue weighted by Gasteiger charge is -2.15. The maximum atomic E-state index is 12.6. The lowest BCUT2D eigenvalue weighted by Crippen LogP contribution is -2.04. The normalized spacial score (nSPS) is 10.7. The standard InChI is InChI=1S/C19H18O8/c1-23-14-8-12(22)15-11(21)7-13(27-19(15)18(14)26-4)9-5-6-10(20)17(25-3)16(9)24-2/h5-8,20,22H,1-4H3. The maximum Gasteiger partial charge on any atom is 0.205 e. The van der Waals surface area contributed by atoms with Gasteiger partial charge in [0.1, 0.15) is 16.9 Å². The van der Waals surface area contributed by atoms with Crippen LogP contribution in [0.25, 0.3) is 22.3 Å². The number of phenolic OH excluding ortho intramolecular Hbond substituents is 2. The minimum Gasteiger partial charge on any atom is -0.507 e. The summed E-state index contributed by atoms with van der Waals surface area (Å²) in [6.45, 7) is 0. The Morgan fingerprint density at radius 3 is 2.07 bits per heavy atom. The predicted molar refractivity (Wildman–Crippen MR) is 97.5 cm³/mol. The van der Waals surface area contributed by atoms with Crippen molar-refractivity contribution in [3.8, 4) is 45.8 Å². The molecule has 142 valence electrons. The van der Waals surface area contributed by atoms with Crippen LogP contribution in [-0.4, -0.2) is 38.7 Å². The third-order valence-electron chi connectivity index (χ3n) is 4.09. The monoisotopic (exact) mass is 374 g/mol. The molecule has 3 aromatic rings. The number of rotatable bonds is 5. The zero-order chi connectivity index (χ0) is 19.7. The number of hydrogen-bond donors (Lipinski definition) is 2. The molecule has 0 spiro atoms. The van der Waals surface area contributed by atoms with Gasteiger partial charge in [-0.1, -0.05) is 0 Å². The van der Waals surface area contributed by atoms with Crippen LogP contribution in [-0.2, 0) is 0 Å². The molecule has 0 fully saturated rings. The van der Waals surface area contributed by atoms with Crippen LogP contribution < -0.4 is 24.4 Å². The highest BCUT2D eigenvalue weighted by Crippen LogP contribution is 2.45. The summed E-state index contributed by atoms with van der Waals surface area (Å²) in [5, 5.41) is 20.1. The molecular weight excluding hydrogens is 356 g/mol. The van der Waals surface area contributed by atoms with Crippen LogP contribution in [0.5, 0.6) is 34.5 Å². The molecule has 0 aliphatic rings. The summed E-state index contributed by atoms with van der Waals surface area (Å²) in [5.74, 6) is 0.362. The first-order chi connectivity index (χ1) is 13.0. The Morgan fingerprint density at radius 2 is 1.48 bits per heavy atom. The summed E-state index contributed by atoms with van der Waals surface area (Å²) in [6.07, 6.45) is 0. The summed E-state index contributed by atoms with van der Waals surface area (Å²) >= 11 is 0. The Labute approximate surface area is 154 Å². The van der Waals surface area contributed by atoms with Gasteiger partial charge in [0.05, 0.1) is 34.0 Å². The Morgan fingerprint density at radius 1 is 0.815 bits per heavy atom. The molecule has 8 nitrogen and oxygen atoms in total. The molecule has 0 unspecified atom stereocenters. The molecule has 0 bridgehead atoms. The first kappa shape index (κ1) is 18.2. The fraction of sp³-hybridized carbons (Fsp3) is 0.211. The number of fused-ring (bicyclic) bond motifs is 1. The lowest BCUT2D eigenvalue weighted by atomic mass is 10.1. The van der Waals surface area contributed by atoms with E-state index >= 15 is 0 Å². The molecule has 3 rings (SSSR count). The molecule has 1 heterocycles. The summed E-state index contributed by atoms with van der Waals surface area (Å²) in [7, 11) is 5.57. The van der Waals surface area contributed by atoms with E-state index in [9.17, 15) is 15.0 Å². The van der Waals surface area contributed by atoms with Gasteiger partial charge < -0.3 is 33.6 Å². The fourth-order valence-electron chi connectivity index (χ4n) is 2.89. The Balaban J connectivity index is 2.40. The van der Waals surface area contributed by atoms with Crippen molar-refractivity contribution in [1.82, 2.24) is 0 Å². The minimum absolute atomic E-state index is 0.0194. The zero-order valence-corrected chi connectivity index (χ0v) is 15.2. The Bertz CT molecular complexity index is 1070. The molecule has 0 aliphatic carbocycles. The van der Waals surface area contributed by atoms with Crippen molar-refractivity contribution in [3.63, 3.8) is 0 Å². The smallest absolute Gasteiger partial charge is 0.205 e. The third-order valence-corrected chi connectivity index (χ3v) is 4.09. The van der Waals surface area contributed by atoms with E-state index in [4.69, 9.17) is 23.4 Å². The van der Waals surface area contributed by atoms with E-state index in [1.54, 1.807) is 0 Å². The van der Waals surface area contributed by atoms with Crippen LogP contribution in [0.1, 0.15) is 0 Å². The molecule has 0 radical (unpaired) electrons. The molecule has 8 heteroatoms. The molecule has 2 aromatic carbocycles. The summed E-state index contributed by atoms with van der Waals surface area (Å²) in [6, 6.07) is 5.40. The van der Waals surface area contributed by atoms with Gasteiger partial charge in [-0.25, -0.2) is 0 Å². The van der Waals surface area contributed by atoms with Crippen LogP contribution in [0.4, 0.5) is 0 Å². The molecule has 1 aromatic heterocycles. The topological polar surface area (TPSA) is 108 Å². The largest absolute Gasteiger partial charge is 0.507 e. The fourth-order valence-corrected chi connectivity index (χ4v) is 2.89. The van der Waals surface area contributed by atoms with E-state index in [-0.39, 0.29) is 51.2 Å². The van der Waals surface area contributed by atoms with Crippen molar-refractivity contribution < 1.29 is 33.6 Å². The van der Waals surface area contributed by atoms with Gasteiger partial charge in [-0.2, -0.15) is 0 Å². The number of phenols is 2. The number of benzene rings is 2. The van der Waals surface area contributed by atoms with E-state index in [0.29, 0.717) is 5.56 Å². The van der Waals surface area contributed by atoms with Crippen LogP contribution in [0.15, 0.2) is 33.5 Å². The highest BCUT2D eigenvalue weighted by Gasteiger charge is 2.23. The van der Waals surface area contributed by atoms with Gasteiger partial charge >= 0.3 is 0 Å². The predicted octanol–water partition coefficient (Wildman–Crippen LogP) is 2.91. The molecule has 2 N–H and O–H groups in total. The Kier molecular flexibility index (Phi) is 4.72. The first-order valence-corrected chi connectivity index (χ1v) is 7.82. The van der Waals surface area contributed by atoms with Crippen molar-refractivity contribution in [3.05, 3.63) is 34.5 Å². The molecule has 0 aliphatic heterocycles. The SMILES string of the molecule is COc1cc(O)c2c(=O)cc(-c3ccc(O)c(OC)c3OC)oc2c1OC. The summed E-state index contributed by atoms with van der Waals surface area (Å²) < 4.78 is 26.9. The third kappa shape index (κ3) is 2.84. The zero-order valence-electron chi connectivity index (χ0n) is 15.2. The van der Waals surface area contributed by atoms with E-state index in [2.05, 4.69) is 0 Å². The van der Waals surface area contributed by atoms with Gasteiger partial charge in [0.15, 0.2) is 28.3 Å². The maximum absolute atomic E-state index is 12.6. The van der Waals surface area contributed by atoms with Crippen LogP contribution >= 0.6 is 0 Å². The number of ether oxygens (including phenoxy) is 4. The van der Waals surface area contributed by atoms with Crippen molar-refractivity contribution in [2.45, 2.75) is 0 Å². The van der Waals surface area contributed by atoms with Gasteiger partial charge in [0.25, 0.3) is 0 Å². The average Bonchev–Trinajstić information content (AvgIpc) is 2.66. The Hall–Kier alpha value is -3.55. The average molecular weight is 374 g/mol. The van der Waals surface area contributed by atoms with E-state index < -0.39 is 5.43 Å². The van der Waals surface area contributed by atoms with Gasteiger partial charge in [0.2, 0.25) is 11.5 Å². The van der Waals surface area contributed by atoms with Crippen molar-refractivity contribution in [2.24, 2.45) is 0 Å². The summed E-state index contributed by atoms with van der Waals surface area (Å²) in [5.41, 5.74) is -0.0970. The molecule has 0 saturated heterocycles. The second kappa shape index (κ2) is 6.99. The van der Waals surface area contributed by atoms with Crippen molar-refractivity contribution >= 4 is 11.0 Å². The lowest BCUT2D eigenvalue weighted by molar-refractivity contribution is 0.333. The van der Waals surface area contributed by atoms with Crippen LogP contribution in [0.2, 0.25) is 0 Å². The van der Waals surface area contributed by atoms with Crippen molar-refractivity contribution in [1.29, 1.82) is 0 Å². The van der Waals surface area contributed by atoms with E-state index in [1.807, 2.05) is 0 Å². The van der Waals surface area contributed by atoms with Gasteiger partial charge in [-0.3, -0.25) is 4.79 Å². The molecule has 0 amide bonds.